The average Bonchev–Trinajstić information content (AvgIpc) is 2.45. The Morgan fingerprint density at radius 3 is 2.67 bits per heavy atom. The topological polar surface area (TPSA) is 98.7 Å². The summed E-state index contributed by atoms with van der Waals surface area (Å²) in [7, 11) is 0. The van der Waals surface area contributed by atoms with Crippen molar-refractivity contribution in [3.63, 3.8) is 0 Å². The number of amides is 3. The Kier molecular flexibility index (Phi) is 6.98. The maximum atomic E-state index is 12.3. The summed E-state index contributed by atoms with van der Waals surface area (Å²) in [5, 5.41) is 14.1. The molecule has 1 fully saturated rings. The highest BCUT2D eigenvalue weighted by Gasteiger charge is 2.28. The van der Waals surface area contributed by atoms with Crippen LogP contribution in [0.15, 0.2) is 0 Å². The van der Waals surface area contributed by atoms with Crippen LogP contribution in [0.1, 0.15) is 46.0 Å². The van der Waals surface area contributed by atoms with Gasteiger partial charge in [-0.15, -0.1) is 0 Å². The Labute approximate surface area is 125 Å². The molecule has 1 rings (SSSR count). The molecule has 0 aromatic heterocycles. The summed E-state index contributed by atoms with van der Waals surface area (Å²) in [6.45, 7) is 4.58. The minimum absolute atomic E-state index is 0.0559. The maximum Gasteiger partial charge on any atom is 0.318 e. The zero-order chi connectivity index (χ0) is 15.8. The molecule has 0 bridgehead atoms. The number of urea groups is 1. The fourth-order valence-corrected chi connectivity index (χ4v) is 2.52. The molecule has 1 saturated heterocycles. The maximum absolute atomic E-state index is 12.3. The molecule has 1 aliphatic rings. The van der Waals surface area contributed by atoms with Gasteiger partial charge in [0.2, 0.25) is 5.91 Å². The van der Waals surface area contributed by atoms with Crippen LogP contribution in [-0.4, -0.2) is 53.1 Å². The number of hydrogen-bond donors (Lipinski definition) is 3. The van der Waals surface area contributed by atoms with Crippen molar-refractivity contribution in [2.24, 2.45) is 0 Å². The number of piperidine rings is 1. The number of nitrogens with zero attached hydrogens (tertiary/aromatic N) is 1. The number of carbonyl (C=O) groups excluding carboxylic acids is 2. The number of carbonyl (C=O) groups is 3. The van der Waals surface area contributed by atoms with Gasteiger partial charge in [-0.25, -0.2) is 4.79 Å². The third-order valence-electron chi connectivity index (χ3n) is 3.66. The van der Waals surface area contributed by atoms with Crippen molar-refractivity contribution in [2.75, 3.05) is 13.1 Å². The van der Waals surface area contributed by atoms with E-state index in [-0.39, 0.29) is 24.4 Å². The van der Waals surface area contributed by atoms with E-state index in [4.69, 9.17) is 5.11 Å². The van der Waals surface area contributed by atoms with Gasteiger partial charge in [-0.1, -0.05) is 0 Å². The number of aliphatic carboxylic acids is 1. The second kappa shape index (κ2) is 8.49. The molecule has 0 radical (unpaired) electrons. The van der Waals surface area contributed by atoms with Crippen molar-refractivity contribution in [3.8, 4) is 0 Å². The fourth-order valence-electron chi connectivity index (χ4n) is 2.52. The highest BCUT2D eigenvalue weighted by atomic mass is 16.4. The van der Waals surface area contributed by atoms with Crippen LogP contribution >= 0.6 is 0 Å². The van der Waals surface area contributed by atoms with Gasteiger partial charge in [0.1, 0.15) is 6.04 Å². The molecule has 0 aromatic carbocycles. The third kappa shape index (κ3) is 5.61. The van der Waals surface area contributed by atoms with E-state index < -0.39 is 12.0 Å². The standard InChI is InChI=1S/C14H25N3O4/c1-3-15-13(20)10(2)16-14(21)17-9-5-4-6-11(17)7-8-12(18)19/h10-11H,3-9H2,1-2H3,(H,15,20)(H,16,21)(H,18,19). The SMILES string of the molecule is CCNC(=O)C(C)NC(=O)N1CCCCC1CCC(=O)O. The molecule has 0 spiro atoms. The molecule has 0 saturated carbocycles. The van der Waals surface area contributed by atoms with Crippen LogP contribution in [0, 0.1) is 0 Å². The van der Waals surface area contributed by atoms with Crippen LogP contribution in [0.2, 0.25) is 0 Å². The van der Waals surface area contributed by atoms with Crippen LogP contribution in [0.4, 0.5) is 4.79 Å². The summed E-state index contributed by atoms with van der Waals surface area (Å²) >= 11 is 0. The minimum Gasteiger partial charge on any atom is -0.481 e. The van der Waals surface area contributed by atoms with Crippen molar-refractivity contribution in [2.45, 2.75) is 58.0 Å². The van der Waals surface area contributed by atoms with E-state index in [1.54, 1.807) is 11.8 Å². The summed E-state index contributed by atoms with van der Waals surface area (Å²) < 4.78 is 0. The first-order valence-electron chi connectivity index (χ1n) is 7.52. The Morgan fingerprint density at radius 1 is 1.33 bits per heavy atom. The van der Waals surface area contributed by atoms with Crippen molar-refractivity contribution in [1.82, 2.24) is 15.5 Å². The molecule has 21 heavy (non-hydrogen) atoms. The summed E-state index contributed by atoms with van der Waals surface area (Å²) in [5.41, 5.74) is 0. The van der Waals surface area contributed by atoms with Gasteiger partial charge in [0, 0.05) is 25.6 Å². The van der Waals surface area contributed by atoms with Crippen LogP contribution in [-0.2, 0) is 9.59 Å². The molecule has 1 heterocycles. The fraction of sp³-hybridized carbons (Fsp3) is 0.786. The molecule has 120 valence electrons. The minimum atomic E-state index is -0.850. The Bertz CT molecular complexity index is 386. The molecule has 7 heteroatoms. The number of carboxylic acids is 1. The van der Waals surface area contributed by atoms with E-state index in [1.807, 2.05) is 6.92 Å². The van der Waals surface area contributed by atoms with E-state index >= 15 is 0 Å². The van der Waals surface area contributed by atoms with Gasteiger partial charge in [0.15, 0.2) is 0 Å². The largest absolute Gasteiger partial charge is 0.481 e. The molecule has 7 nitrogen and oxygen atoms in total. The van der Waals surface area contributed by atoms with Gasteiger partial charge in [0.05, 0.1) is 0 Å². The predicted molar refractivity (Wildman–Crippen MR) is 77.9 cm³/mol. The van der Waals surface area contributed by atoms with Gasteiger partial charge in [-0.05, 0) is 39.5 Å². The van der Waals surface area contributed by atoms with Gasteiger partial charge in [0.25, 0.3) is 0 Å². The molecule has 0 aromatic rings. The molecule has 3 N–H and O–H groups in total. The quantitative estimate of drug-likeness (QED) is 0.679. The highest BCUT2D eigenvalue weighted by molar-refractivity contribution is 5.86. The summed E-state index contributed by atoms with van der Waals surface area (Å²) in [6.07, 6.45) is 3.24. The molecular formula is C14H25N3O4. The van der Waals surface area contributed by atoms with E-state index in [0.29, 0.717) is 19.5 Å². The summed E-state index contributed by atoms with van der Waals surface area (Å²) in [5.74, 6) is -1.07. The first-order chi connectivity index (χ1) is 9.95. The first-order valence-corrected chi connectivity index (χ1v) is 7.52. The Hall–Kier alpha value is -1.79. The number of rotatable bonds is 6. The number of likely N-dealkylation sites (N-methyl/N-ethyl adjacent to an activating group) is 1. The lowest BCUT2D eigenvalue weighted by atomic mass is 9.98. The van der Waals surface area contributed by atoms with Crippen LogP contribution in [0.3, 0.4) is 0 Å². The highest BCUT2D eigenvalue weighted by Crippen LogP contribution is 2.21. The normalized spacial score (nSPS) is 19.7. The summed E-state index contributed by atoms with van der Waals surface area (Å²) in [6, 6.07) is -0.945. The zero-order valence-electron chi connectivity index (χ0n) is 12.7. The van der Waals surface area contributed by atoms with Gasteiger partial charge in [-0.2, -0.15) is 0 Å². The zero-order valence-corrected chi connectivity index (χ0v) is 12.7. The van der Waals surface area contributed by atoms with E-state index in [0.717, 1.165) is 19.3 Å². The van der Waals surface area contributed by atoms with Crippen LogP contribution in [0.5, 0.6) is 0 Å². The van der Waals surface area contributed by atoms with Gasteiger partial charge in [-0.3, -0.25) is 9.59 Å². The predicted octanol–water partition coefficient (Wildman–Crippen LogP) is 0.940. The average molecular weight is 299 g/mol. The smallest absolute Gasteiger partial charge is 0.318 e. The summed E-state index contributed by atoms with van der Waals surface area (Å²) in [4.78, 5) is 36.2. The second-order valence-corrected chi connectivity index (χ2v) is 5.34. The van der Waals surface area contributed by atoms with Crippen molar-refractivity contribution < 1.29 is 19.5 Å². The van der Waals surface area contributed by atoms with E-state index in [2.05, 4.69) is 10.6 Å². The van der Waals surface area contributed by atoms with E-state index in [1.165, 1.54) is 0 Å². The lowest BCUT2D eigenvalue weighted by molar-refractivity contribution is -0.137. The van der Waals surface area contributed by atoms with Crippen molar-refractivity contribution >= 4 is 17.9 Å². The lowest BCUT2D eigenvalue weighted by Crippen LogP contribution is -2.53. The molecule has 2 atom stereocenters. The Morgan fingerprint density at radius 2 is 2.05 bits per heavy atom. The number of nitrogens with one attached hydrogen (secondary N) is 2. The Balaban J connectivity index is 2.55. The van der Waals surface area contributed by atoms with Crippen LogP contribution in [0.25, 0.3) is 0 Å². The molecule has 0 aliphatic carbocycles. The van der Waals surface area contributed by atoms with Gasteiger partial charge >= 0.3 is 12.0 Å². The number of likely N-dealkylation sites (tertiary alicyclic amines) is 1. The molecule has 3 amide bonds. The van der Waals surface area contributed by atoms with Crippen LogP contribution < -0.4 is 10.6 Å². The molecule has 2 unspecified atom stereocenters. The first kappa shape index (κ1) is 17.3. The number of hydrogen-bond acceptors (Lipinski definition) is 3. The molecule has 1 aliphatic heterocycles. The van der Waals surface area contributed by atoms with Crippen molar-refractivity contribution in [1.29, 1.82) is 0 Å². The van der Waals surface area contributed by atoms with E-state index in [9.17, 15) is 14.4 Å². The van der Waals surface area contributed by atoms with Gasteiger partial charge < -0.3 is 20.6 Å². The molecular weight excluding hydrogens is 274 g/mol. The number of carboxylic acid groups (broad SMARTS) is 1. The second-order valence-electron chi connectivity index (χ2n) is 5.34. The third-order valence-corrected chi connectivity index (χ3v) is 3.66. The van der Waals surface area contributed by atoms with Crippen molar-refractivity contribution in [3.05, 3.63) is 0 Å². The lowest BCUT2D eigenvalue weighted by Gasteiger charge is -2.36. The monoisotopic (exact) mass is 299 g/mol.